The van der Waals surface area contributed by atoms with Crippen molar-refractivity contribution in [1.29, 1.82) is 0 Å². The molecule has 0 saturated heterocycles. The van der Waals surface area contributed by atoms with E-state index in [4.69, 9.17) is 0 Å². The van der Waals surface area contributed by atoms with Crippen LogP contribution in [0.5, 0.6) is 0 Å². The molecule has 1 unspecified atom stereocenters. The number of hydrogen-bond acceptors (Lipinski definition) is 3. The highest BCUT2D eigenvalue weighted by Crippen LogP contribution is 2.34. The summed E-state index contributed by atoms with van der Waals surface area (Å²) in [5, 5.41) is 3.43. The monoisotopic (exact) mass is 320 g/mol. The summed E-state index contributed by atoms with van der Waals surface area (Å²) in [4.78, 5) is 4.54. The number of anilines is 1. The molecule has 1 aromatic rings. The van der Waals surface area contributed by atoms with Crippen LogP contribution in [-0.2, 0) is 6.18 Å². The molecule has 116 valence electrons. The van der Waals surface area contributed by atoms with Gasteiger partial charge in [0.25, 0.3) is 0 Å². The van der Waals surface area contributed by atoms with Gasteiger partial charge in [-0.2, -0.15) is 13.2 Å². The first-order valence-corrected chi connectivity index (χ1v) is 7.58. The molecule has 7 heteroatoms. The number of hydrogen-bond donors (Lipinski definition) is 1. The smallest absolute Gasteiger partial charge is 0.335 e. The maximum absolute atomic E-state index is 13.2. The predicted octanol–water partition coefficient (Wildman–Crippen LogP) is 4.92. The number of nitrogens with one attached hydrogen (secondary N) is 1. The Morgan fingerprint density at radius 3 is 2.71 bits per heavy atom. The Balaban J connectivity index is 2.25. The molecule has 1 aromatic carbocycles. The van der Waals surface area contributed by atoms with Crippen molar-refractivity contribution in [3.05, 3.63) is 29.6 Å². The van der Waals surface area contributed by atoms with E-state index < -0.39 is 17.6 Å². The average molecular weight is 320 g/mol. The van der Waals surface area contributed by atoms with E-state index in [1.165, 1.54) is 17.8 Å². The van der Waals surface area contributed by atoms with Crippen LogP contribution in [0.2, 0.25) is 0 Å². The molecule has 1 N–H and O–H groups in total. The van der Waals surface area contributed by atoms with Gasteiger partial charge in [0.15, 0.2) is 5.17 Å². The van der Waals surface area contributed by atoms with Crippen molar-refractivity contribution in [2.45, 2.75) is 38.4 Å². The zero-order valence-electron chi connectivity index (χ0n) is 11.7. The SMILES string of the molecule is CCC1(C)CCSC(Nc2ccc(F)c(C(F)(F)F)c2)=N1. The van der Waals surface area contributed by atoms with Crippen molar-refractivity contribution in [2.24, 2.45) is 4.99 Å². The number of rotatable bonds is 2. The van der Waals surface area contributed by atoms with Crippen LogP contribution in [0.1, 0.15) is 32.3 Å². The lowest BCUT2D eigenvalue weighted by Gasteiger charge is -2.29. The Morgan fingerprint density at radius 1 is 1.38 bits per heavy atom. The number of halogens is 4. The van der Waals surface area contributed by atoms with E-state index in [0.29, 0.717) is 5.17 Å². The second kappa shape index (κ2) is 5.87. The number of nitrogens with zero attached hydrogens (tertiary/aromatic N) is 1. The summed E-state index contributed by atoms with van der Waals surface area (Å²) in [6.07, 6.45) is -2.92. The summed E-state index contributed by atoms with van der Waals surface area (Å²) < 4.78 is 51.3. The van der Waals surface area contributed by atoms with Crippen LogP contribution in [0.3, 0.4) is 0 Å². The molecule has 1 aliphatic heterocycles. The van der Waals surface area contributed by atoms with Gasteiger partial charge in [0.05, 0.1) is 11.1 Å². The van der Waals surface area contributed by atoms with Gasteiger partial charge in [-0.05, 0) is 38.0 Å². The minimum atomic E-state index is -4.71. The van der Waals surface area contributed by atoms with Crippen LogP contribution in [0, 0.1) is 5.82 Å². The second-order valence-corrected chi connectivity index (χ2v) is 6.27. The van der Waals surface area contributed by atoms with Crippen molar-refractivity contribution in [2.75, 3.05) is 11.1 Å². The number of benzene rings is 1. The number of amidine groups is 1. The summed E-state index contributed by atoms with van der Waals surface area (Å²) in [5.41, 5.74) is -1.28. The van der Waals surface area contributed by atoms with Crippen molar-refractivity contribution >= 4 is 22.6 Å². The Morgan fingerprint density at radius 2 is 2.10 bits per heavy atom. The fourth-order valence-corrected chi connectivity index (χ4v) is 3.17. The third-order valence-corrected chi connectivity index (χ3v) is 4.41. The fraction of sp³-hybridized carbons (Fsp3) is 0.500. The third-order valence-electron chi connectivity index (χ3n) is 3.54. The van der Waals surface area contributed by atoms with Gasteiger partial charge in [-0.25, -0.2) is 4.39 Å². The summed E-state index contributed by atoms with van der Waals surface area (Å²) in [6, 6.07) is 2.88. The number of alkyl halides is 3. The molecule has 1 atom stereocenters. The van der Waals surface area contributed by atoms with Crippen LogP contribution in [0.15, 0.2) is 23.2 Å². The van der Waals surface area contributed by atoms with Crippen LogP contribution in [0.25, 0.3) is 0 Å². The quantitative estimate of drug-likeness (QED) is 0.782. The number of aliphatic imine (C=N–C) groups is 1. The van der Waals surface area contributed by atoms with E-state index >= 15 is 0 Å². The Bertz CT molecular complexity index is 556. The van der Waals surface area contributed by atoms with Crippen LogP contribution in [-0.4, -0.2) is 16.5 Å². The van der Waals surface area contributed by atoms with E-state index in [1.54, 1.807) is 0 Å². The van der Waals surface area contributed by atoms with Gasteiger partial charge in [-0.15, -0.1) is 0 Å². The minimum Gasteiger partial charge on any atom is -0.335 e. The topological polar surface area (TPSA) is 24.4 Å². The molecule has 0 aromatic heterocycles. The summed E-state index contributed by atoms with van der Waals surface area (Å²) in [5.74, 6) is -0.423. The molecule has 0 spiro atoms. The largest absolute Gasteiger partial charge is 0.419 e. The highest BCUT2D eigenvalue weighted by atomic mass is 32.2. The van der Waals surface area contributed by atoms with E-state index in [0.717, 1.165) is 30.7 Å². The first-order chi connectivity index (χ1) is 9.73. The van der Waals surface area contributed by atoms with E-state index in [1.807, 2.05) is 13.8 Å². The zero-order chi connectivity index (χ0) is 15.7. The van der Waals surface area contributed by atoms with Gasteiger partial charge < -0.3 is 5.32 Å². The Labute approximate surface area is 125 Å². The van der Waals surface area contributed by atoms with Gasteiger partial charge in [0.2, 0.25) is 0 Å². The zero-order valence-corrected chi connectivity index (χ0v) is 12.5. The third kappa shape index (κ3) is 3.90. The molecule has 0 radical (unpaired) electrons. The molecule has 2 nitrogen and oxygen atoms in total. The van der Waals surface area contributed by atoms with Crippen molar-refractivity contribution in [3.8, 4) is 0 Å². The van der Waals surface area contributed by atoms with Gasteiger partial charge in [0.1, 0.15) is 5.82 Å². The lowest BCUT2D eigenvalue weighted by Crippen LogP contribution is -2.29. The molecular weight excluding hydrogens is 304 g/mol. The van der Waals surface area contributed by atoms with E-state index in [2.05, 4.69) is 10.3 Å². The highest BCUT2D eigenvalue weighted by molar-refractivity contribution is 8.14. The summed E-state index contributed by atoms with van der Waals surface area (Å²) in [6.45, 7) is 4.04. The van der Waals surface area contributed by atoms with Gasteiger partial charge in [-0.1, -0.05) is 18.7 Å². The summed E-state index contributed by atoms with van der Waals surface area (Å²) >= 11 is 1.46. The molecule has 0 fully saturated rings. The normalized spacial score (nSPS) is 22.9. The van der Waals surface area contributed by atoms with Gasteiger partial charge in [-0.3, -0.25) is 4.99 Å². The molecule has 1 aliphatic rings. The molecule has 0 amide bonds. The van der Waals surface area contributed by atoms with Gasteiger partial charge in [0, 0.05) is 11.4 Å². The molecule has 0 aliphatic carbocycles. The first-order valence-electron chi connectivity index (χ1n) is 6.60. The molecule has 0 saturated carbocycles. The molecule has 1 heterocycles. The van der Waals surface area contributed by atoms with Crippen LogP contribution in [0.4, 0.5) is 23.2 Å². The van der Waals surface area contributed by atoms with Crippen molar-refractivity contribution in [1.82, 2.24) is 0 Å². The first kappa shape index (κ1) is 16.1. The number of thioether (sulfide) groups is 1. The maximum Gasteiger partial charge on any atom is 0.419 e. The molecule has 0 bridgehead atoms. The Hall–Kier alpha value is -1.24. The van der Waals surface area contributed by atoms with Gasteiger partial charge >= 0.3 is 6.18 Å². The average Bonchev–Trinajstić information content (AvgIpc) is 2.40. The van der Waals surface area contributed by atoms with E-state index in [9.17, 15) is 17.6 Å². The highest BCUT2D eigenvalue weighted by Gasteiger charge is 2.34. The van der Waals surface area contributed by atoms with Crippen molar-refractivity contribution < 1.29 is 17.6 Å². The molecular formula is C14H16F4N2S. The van der Waals surface area contributed by atoms with Crippen LogP contribution >= 0.6 is 11.8 Å². The second-order valence-electron chi connectivity index (χ2n) is 5.18. The molecule has 2 rings (SSSR count). The Kier molecular flexibility index (Phi) is 4.51. The predicted molar refractivity (Wildman–Crippen MR) is 78.2 cm³/mol. The van der Waals surface area contributed by atoms with E-state index in [-0.39, 0.29) is 11.2 Å². The lowest BCUT2D eigenvalue weighted by molar-refractivity contribution is -0.139. The molecule has 21 heavy (non-hydrogen) atoms. The standard InChI is InChI=1S/C14H16F4N2S/c1-3-13(2)6-7-21-12(20-13)19-9-4-5-11(15)10(8-9)14(16,17)18/h4-5,8H,3,6-7H2,1-2H3,(H,19,20). The minimum absolute atomic E-state index is 0.190. The fourth-order valence-electron chi connectivity index (χ4n) is 1.96. The lowest BCUT2D eigenvalue weighted by atomic mass is 9.97. The maximum atomic E-state index is 13.2. The van der Waals surface area contributed by atoms with Crippen molar-refractivity contribution in [3.63, 3.8) is 0 Å². The van der Waals surface area contributed by atoms with Crippen LogP contribution < -0.4 is 5.32 Å². The summed E-state index contributed by atoms with van der Waals surface area (Å²) in [7, 11) is 0.